The second-order valence-electron chi connectivity index (χ2n) is 5.82. The molecule has 3 aromatic carbocycles. The fourth-order valence-corrected chi connectivity index (χ4v) is 2.86. The number of rotatable bonds is 6. The molecule has 28 heavy (non-hydrogen) atoms. The van der Waals surface area contributed by atoms with Crippen LogP contribution in [-0.4, -0.2) is 17.2 Å². The lowest BCUT2D eigenvalue weighted by atomic mass is 10.2. The molecule has 0 saturated heterocycles. The normalized spacial score (nSPS) is 10.8. The van der Waals surface area contributed by atoms with E-state index in [2.05, 4.69) is 10.5 Å². The number of aromatic hydroxyl groups is 1. The minimum atomic E-state index is -0.404. The van der Waals surface area contributed by atoms with E-state index in [0.29, 0.717) is 28.5 Å². The molecule has 0 heterocycles. The molecule has 0 aliphatic carbocycles. The van der Waals surface area contributed by atoms with Crippen LogP contribution in [0.5, 0.6) is 11.5 Å². The third-order valence-electron chi connectivity index (χ3n) is 3.79. The van der Waals surface area contributed by atoms with Gasteiger partial charge in [0.25, 0.3) is 5.91 Å². The average molecular weight is 415 g/mol. The van der Waals surface area contributed by atoms with Crippen molar-refractivity contribution in [3.05, 3.63) is 93.5 Å². The van der Waals surface area contributed by atoms with Crippen molar-refractivity contribution in [3.63, 3.8) is 0 Å². The summed E-state index contributed by atoms with van der Waals surface area (Å²) in [5, 5.41) is 14.1. The number of nitrogens with one attached hydrogen (secondary N) is 1. The Kier molecular flexibility index (Phi) is 6.53. The van der Waals surface area contributed by atoms with Crippen molar-refractivity contribution in [2.45, 2.75) is 6.61 Å². The van der Waals surface area contributed by atoms with E-state index in [9.17, 15) is 9.90 Å². The van der Waals surface area contributed by atoms with Crippen LogP contribution in [0.2, 0.25) is 10.0 Å². The van der Waals surface area contributed by atoms with Crippen molar-refractivity contribution in [2.75, 3.05) is 0 Å². The standard InChI is InChI=1S/C21H16Cl2N2O3/c22-17-10-16(20(26)19(23)11-17)12-24-25-21(27)15-6-8-18(9-7-15)28-13-14-4-2-1-3-5-14/h1-12,26H,13H2,(H,25,27)/b24-12+. The van der Waals surface area contributed by atoms with Gasteiger partial charge in [-0.05, 0) is 42.0 Å². The first-order valence-electron chi connectivity index (χ1n) is 8.31. The number of ether oxygens (including phenoxy) is 1. The monoisotopic (exact) mass is 414 g/mol. The Morgan fingerprint density at radius 2 is 1.79 bits per heavy atom. The number of carbonyl (C=O) groups is 1. The molecule has 2 N–H and O–H groups in total. The van der Waals surface area contributed by atoms with Gasteiger partial charge in [0.05, 0.1) is 11.2 Å². The maximum atomic E-state index is 12.2. The number of hydrogen-bond acceptors (Lipinski definition) is 4. The number of hydrogen-bond donors (Lipinski definition) is 2. The SMILES string of the molecule is O=C(N/N=C/c1cc(Cl)cc(Cl)c1O)c1ccc(OCc2ccccc2)cc1. The van der Waals surface area contributed by atoms with Crippen LogP contribution < -0.4 is 10.2 Å². The van der Waals surface area contributed by atoms with Gasteiger partial charge in [0.2, 0.25) is 0 Å². The molecule has 0 saturated carbocycles. The molecule has 0 aliphatic rings. The Labute approximate surface area is 172 Å². The van der Waals surface area contributed by atoms with E-state index in [0.717, 1.165) is 5.56 Å². The van der Waals surface area contributed by atoms with Gasteiger partial charge in [-0.15, -0.1) is 0 Å². The third-order valence-corrected chi connectivity index (χ3v) is 4.30. The number of phenolic OH excluding ortho intramolecular Hbond substituents is 1. The van der Waals surface area contributed by atoms with E-state index in [1.807, 2.05) is 30.3 Å². The van der Waals surface area contributed by atoms with Crippen LogP contribution in [0.4, 0.5) is 0 Å². The fraction of sp³-hybridized carbons (Fsp3) is 0.0476. The summed E-state index contributed by atoms with van der Waals surface area (Å²) in [7, 11) is 0. The first-order chi connectivity index (χ1) is 13.5. The molecule has 0 aromatic heterocycles. The summed E-state index contributed by atoms with van der Waals surface area (Å²) >= 11 is 11.7. The van der Waals surface area contributed by atoms with Gasteiger partial charge in [0, 0.05) is 16.1 Å². The van der Waals surface area contributed by atoms with Gasteiger partial charge in [0.1, 0.15) is 18.1 Å². The van der Waals surface area contributed by atoms with Gasteiger partial charge in [-0.2, -0.15) is 5.10 Å². The number of hydrazone groups is 1. The van der Waals surface area contributed by atoms with E-state index in [-0.39, 0.29) is 10.8 Å². The van der Waals surface area contributed by atoms with Crippen molar-refractivity contribution in [1.82, 2.24) is 5.43 Å². The van der Waals surface area contributed by atoms with Gasteiger partial charge in [-0.1, -0.05) is 53.5 Å². The third kappa shape index (κ3) is 5.25. The lowest BCUT2D eigenvalue weighted by molar-refractivity contribution is 0.0955. The highest BCUT2D eigenvalue weighted by molar-refractivity contribution is 6.36. The van der Waals surface area contributed by atoms with Crippen LogP contribution in [0, 0.1) is 0 Å². The highest BCUT2D eigenvalue weighted by atomic mass is 35.5. The summed E-state index contributed by atoms with van der Waals surface area (Å²) in [6.45, 7) is 0.447. The number of carbonyl (C=O) groups excluding carboxylic acids is 1. The Morgan fingerprint density at radius 3 is 2.50 bits per heavy atom. The summed E-state index contributed by atoms with van der Waals surface area (Å²) in [5.41, 5.74) is 4.15. The molecule has 3 rings (SSSR count). The molecule has 0 unspecified atom stereocenters. The van der Waals surface area contributed by atoms with E-state index < -0.39 is 5.91 Å². The number of nitrogens with zero attached hydrogens (tertiary/aromatic N) is 1. The largest absolute Gasteiger partial charge is 0.506 e. The van der Waals surface area contributed by atoms with Crippen LogP contribution in [0.25, 0.3) is 0 Å². The quantitative estimate of drug-likeness (QED) is 0.438. The molecule has 142 valence electrons. The second kappa shape index (κ2) is 9.26. The molecule has 0 bridgehead atoms. The van der Waals surface area contributed by atoms with Gasteiger partial charge in [0.15, 0.2) is 0 Å². The van der Waals surface area contributed by atoms with Crippen molar-refractivity contribution >= 4 is 35.3 Å². The molecule has 0 fully saturated rings. The summed E-state index contributed by atoms with van der Waals surface area (Å²) in [4.78, 5) is 12.2. The maximum absolute atomic E-state index is 12.2. The van der Waals surface area contributed by atoms with Crippen molar-refractivity contribution in [1.29, 1.82) is 0 Å². The van der Waals surface area contributed by atoms with Crippen LogP contribution in [0.15, 0.2) is 71.8 Å². The minimum Gasteiger partial charge on any atom is -0.506 e. The Hall–Kier alpha value is -3.02. The summed E-state index contributed by atoms with van der Waals surface area (Å²) in [5.74, 6) is 0.0878. The smallest absolute Gasteiger partial charge is 0.271 e. The molecule has 5 nitrogen and oxygen atoms in total. The zero-order chi connectivity index (χ0) is 19.9. The van der Waals surface area contributed by atoms with Crippen molar-refractivity contribution in [3.8, 4) is 11.5 Å². The van der Waals surface area contributed by atoms with E-state index >= 15 is 0 Å². The summed E-state index contributed by atoms with van der Waals surface area (Å²) < 4.78 is 5.69. The van der Waals surface area contributed by atoms with E-state index in [4.69, 9.17) is 27.9 Å². The molecule has 1 amide bonds. The fourth-order valence-electron chi connectivity index (χ4n) is 2.35. The highest BCUT2D eigenvalue weighted by Gasteiger charge is 2.07. The minimum absolute atomic E-state index is 0.103. The molecule has 0 atom stereocenters. The molecule has 0 radical (unpaired) electrons. The highest BCUT2D eigenvalue weighted by Crippen LogP contribution is 2.29. The Bertz CT molecular complexity index is 991. The molecular weight excluding hydrogens is 399 g/mol. The zero-order valence-electron chi connectivity index (χ0n) is 14.6. The lowest BCUT2D eigenvalue weighted by Gasteiger charge is -2.07. The molecular formula is C21H16Cl2N2O3. The predicted octanol–water partition coefficient (Wildman–Crippen LogP) is 5.04. The first-order valence-corrected chi connectivity index (χ1v) is 9.07. The van der Waals surface area contributed by atoms with Gasteiger partial charge in [-0.25, -0.2) is 5.43 Å². The van der Waals surface area contributed by atoms with Crippen LogP contribution in [0.1, 0.15) is 21.5 Å². The van der Waals surface area contributed by atoms with Gasteiger partial charge in [-0.3, -0.25) is 4.79 Å². The number of benzene rings is 3. The molecule has 0 aliphatic heterocycles. The van der Waals surface area contributed by atoms with Crippen LogP contribution in [0.3, 0.4) is 0 Å². The maximum Gasteiger partial charge on any atom is 0.271 e. The van der Waals surface area contributed by atoms with Gasteiger partial charge < -0.3 is 9.84 Å². The number of halogens is 2. The predicted molar refractivity (Wildman–Crippen MR) is 110 cm³/mol. The van der Waals surface area contributed by atoms with Gasteiger partial charge >= 0.3 is 0 Å². The van der Waals surface area contributed by atoms with Crippen LogP contribution in [-0.2, 0) is 6.61 Å². The Morgan fingerprint density at radius 1 is 1.07 bits per heavy atom. The molecule has 3 aromatic rings. The number of phenols is 1. The van der Waals surface area contributed by atoms with E-state index in [1.54, 1.807) is 24.3 Å². The van der Waals surface area contributed by atoms with E-state index in [1.165, 1.54) is 18.3 Å². The summed E-state index contributed by atoms with van der Waals surface area (Å²) in [6, 6.07) is 19.4. The lowest BCUT2D eigenvalue weighted by Crippen LogP contribution is -2.17. The first kappa shape index (κ1) is 19.7. The summed E-state index contributed by atoms with van der Waals surface area (Å²) in [6.07, 6.45) is 1.27. The number of amides is 1. The van der Waals surface area contributed by atoms with Crippen molar-refractivity contribution in [2.24, 2.45) is 5.10 Å². The van der Waals surface area contributed by atoms with Crippen molar-refractivity contribution < 1.29 is 14.6 Å². The molecule has 7 heteroatoms. The zero-order valence-corrected chi connectivity index (χ0v) is 16.1. The van der Waals surface area contributed by atoms with Crippen LogP contribution >= 0.6 is 23.2 Å². The topological polar surface area (TPSA) is 70.9 Å². The molecule has 0 spiro atoms. The second-order valence-corrected chi connectivity index (χ2v) is 6.67. The Balaban J connectivity index is 1.57. The average Bonchev–Trinajstić information content (AvgIpc) is 2.71.